The summed E-state index contributed by atoms with van der Waals surface area (Å²) in [5.74, 6) is 0.0140. The number of nitriles is 1. The lowest BCUT2D eigenvalue weighted by Gasteiger charge is -2.21. The van der Waals surface area contributed by atoms with Crippen molar-refractivity contribution in [2.45, 2.75) is 33.6 Å². The van der Waals surface area contributed by atoms with Crippen molar-refractivity contribution >= 4 is 5.91 Å². The average molecular weight is 226 g/mol. The maximum Gasteiger partial charge on any atom is 0.222 e. The minimum Gasteiger partial charge on any atom is -0.382 e. The predicted molar refractivity (Wildman–Crippen MR) is 62.8 cm³/mol. The summed E-state index contributed by atoms with van der Waals surface area (Å²) in [6.45, 7) is 8.22. The monoisotopic (exact) mass is 226 g/mol. The van der Waals surface area contributed by atoms with E-state index >= 15 is 0 Å². The first-order valence-electron chi connectivity index (χ1n) is 5.90. The van der Waals surface area contributed by atoms with E-state index < -0.39 is 0 Å². The molecule has 0 aromatic rings. The molecule has 0 aliphatic rings. The van der Waals surface area contributed by atoms with Gasteiger partial charge in [0.05, 0.1) is 12.0 Å². The second-order valence-corrected chi connectivity index (χ2v) is 3.76. The Morgan fingerprint density at radius 2 is 2.19 bits per heavy atom. The molecule has 0 fully saturated rings. The molecule has 4 heteroatoms. The molecule has 0 spiro atoms. The number of hydrogen-bond acceptors (Lipinski definition) is 3. The third kappa shape index (κ3) is 6.41. The van der Waals surface area contributed by atoms with Crippen LogP contribution in [0.5, 0.6) is 0 Å². The number of rotatable bonds is 8. The molecular weight excluding hydrogens is 204 g/mol. The van der Waals surface area contributed by atoms with Gasteiger partial charge in [0.25, 0.3) is 0 Å². The SMILES string of the molecule is CCOCCCC(=O)N(CC)CC(C)C#N. The zero-order valence-corrected chi connectivity index (χ0v) is 10.5. The fraction of sp³-hybridized carbons (Fsp3) is 0.833. The summed E-state index contributed by atoms with van der Waals surface area (Å²) < 4.78 is 5.18. The Morgan fingerprint density at radius 1 is 1.50 bits per heavy atom. The highest BCUT2D eigenvalue weighted by Gasteiger charge is 2.13. The van der Waals surface area contributed by atoms with Gasteiger partial charge in [-0.1, -0.05) is 0 Å². The molecule has 4 nitrogen and oxygen atoms in total. The molecule has 0 saturated heterocycles. The van der Waals surface area contributed by atoms with Crippen LogP contribution in [0.3, 0.4) is 0 Å². The zero-order chi connectivity index (χ0) is 12.4. The first kappa shape index (κ1) is 14.9. The normalized spacial score (nSPS) is 11.9. The highest BCUT2D eigenvalue weighted by Crippen LogP contribution is 2.03. The Kier molecular flexibility index (Phi) is 8.55. The van der Waals surface area contributed by atoms with Crippen molar-refractivity contribution in [3.05, 3.63) is 0 Å². The summed E-state index contributed by atoms with van der Waals surface area (Å²) >= 11 is 0. The number of ether oxygens (including phenoxy) is 1. The van der Waals surface area contributed by atoms with Gasteiger partial charge < -0.3 is 9.64 Å². The third-order valence-electron chi connectivity index (χ3n) is 2.33. The number of carbonyl (C=O) groups is 1. The highest BCUT2D eigenvalue weighted by molar-refractivity contribution is 5.76. The van der Waals surface area contributed by atoms with Crippen molar-refractivity contribution < 1.29 is 9.53 Å². The van der Waals surface area contributed by atoms with Gasteiger partial charge in [0.15, 0.2) is 0 Å². The Labute approximate surface area is 98.2 Å². The fourth-order valence-corrected chi connectivity index (χ4v) is 1.41. The van der Waals surface area contributed by atoms with Crippen molar-refractivity contribution in [3.8, 4) is 6.07 Å². The highest BCUT2D eigenvalue weighted by atomic mass is 16.5. The van der Waals surface area contributed by atoms with Gasteiger partial charge in [-0.25, -0.2) is 0 Å². The lowest BCUT2D eigenvalue weighted by molar-refractivity contribution is -0.131. The van der Waals surface area contributed by atoms with Crippen LogP contribution in [0.15, 0.2) is 0 Å². The van der Waals surface area contributed by atoms with Crippen LogP contribution in [0.1, 0.15) is 33.6 Å². The quantitative estimate of drug-likeness (QED) is 0.593. The third-order valence-corrected chi connectivity index (χ3v) is 2.33. The second-order valence-electron chi connectivity index (χ2n) is 3.76. The van der Waals surface area contributed by atoms with E-state index in [0.717, 1.165) is 6.42 Å². The van der Waals surface area contributed by atoms with Gasteiger partial charge in [-0.05, 0) is 27.2 Å². The van der Waals surface area contributed by atoms with Crippen molar-refractivity contribution in [2.75, 3.05) is 26.3 Å². The zero-order valence-electron chi connectivity index (χ0n) is 10.5. The minimum absolute atomic E-state index is 0.101. The molecular formula is C12H22N2O2. The molecule has 0 aliphatic heterocycles. The lowest BCUT2D eigenvalue weighted by atomic mass is 10.2. The van der Waals surface area contributed by atoms with Gasteiger partial charge in [-0.2, -0.15) is 5.26 Å². The standard InChI is InChI=1S/C12H22N2O2/c1-4-14(10-11(3)9-13)12(15)7-6-8-16-5-2/h11H,4-8,10H2,1-3H3. The van der Waals surface area contributed by atoms with Gasteiger partial charge in [-0.3, -0.25) is 4.79 Å². The smallest absolute Gasteiger partial charge is 0.222 e. The van der Waals surface area contributed by atoms with Crippen molar-refractivity contribution in [1.29, 1.82) is 5.26 Å². The predicted octanol–water partition coefficient (Wildman–Crippen LogP) is 1.81. The van der Waals surface area contributed by atoms with Gasteiger partial charge in [0.1, 0.15) is 0 Å². The summed E-state index contributed by atoms with van der Waals surface area (Å²) in [4.78, 5) is 13.5. The molecule has 0 radical (unpaired) electrons. The summed E-state index contributed by atoms with van der Waals surface area (Å²) in [5, 5.41) is 8.70. The number of carbonyl (C=O) groups excluding carboxylic acids is 1. The summed E-state index contributed by atoms with van der Waals surface area (Å²) in [7, 11) is 0. The summed E-state index contributed by atoms with van der Waals surface area (Å²) in [6.07, 6.45) is 1.26. The van der Waals surface area contributed by atoms with Crippen molar-refractivity contribution in [2.24, 2.45) is 5.92 Å². The molecule has 92 valence electrons. The molecule has 1 atom stereocenters. The largest absolute Gasteiger partial charge is 0.382 e. The van der Waals surface area contributed by atoms with Crippen LogP contribution in [0.25, 0.3) is 0 Å². The topological polar surface area (TPSA) is 53.3 Å². The van der Waals surface area contributed by atoms with Gasteiger partial charge in [0.2, 0.25) is 5.91 Å². The van der Waals surface area contributed by atoms with E-state index in [1.807, 2.05) is 20.8 Å². The van der Waals surface area contributed by atoms with Gasteiger partial charge in [0, 0.05) is 32.7 Å². The molecule has 0 bridgehead atoms. The van der Waals surface area contributed by atoms with E-state index in [0.29, 0.717) is 32.7 Å². The van der Waals surface area contributed by atoms with E-state index in [4.69, 9.17) is 10.00 Å². The Balaban J connectivity index is 3.88. The van der Waals surface area contributed by atoms with Crippen LogP contribution >= 0.6 is 0 Å². The molecule has 16 heavy (non-hydrogen) atoms. The van der Waals surface area contributed by atoms with Crippen LogP contribution in [0, 0.1) is 17.2 Å². The minimum atomic E-state index is -0.101. The Bertz CT molecular complexity index is 236. The van der Waals surface area contributed by atoms with Crippen molar-refractivity contribution in [1.82, 2.24) is 4.90 Å². The Morgan fingerprint density at radius 3 is 2.69 bits per heavy atom. The summed E-state index contributed by atoms with van der Waals surface area (Å²) in [5.41, 5.74) is 0. The molecule has 1 amide bonds. The second kappa shape index (κ2) is 9.17. The van der Waals surface area contributed by atoms with Crippen LogP contribution in [0.2, 0.25) is 0 Å². The molecule has 0 heterocycles. The average Bonchev–Trinajstić information content (AvgIpc) is 2.30. The molecule has 1 unspecified atom stereocenters. The first-order chi connectivity index (χ1) is 7.65. The van der Waals surface area contributed by atoms with Crippen molar-refractivity contribution in [3.63, 3.8) is 0 Å². The first-order valence-corrected chi connectivity index (χ1v) is 5.90. The molecule has 0 aromatic heterocycles. The number of nitrogens with zero attached hydrogens (tertiary/aromatic N) is 2. The van der Waals surface area contributed by atoms with E-state index in [9.17, 15) is 4.79 Å². The molecule has 0 aromatic carbocycles. The maximum absolute atomic E-state index is 11.7. The van der Waals surface area contributed by atoms with E-state index in [1.54, 1.807) is 4.90 Å². The van der Waals surface area contributed by atoms with Gasteiger partial charge in [-0.15, -0.1) is 0 Å². The molecule has 0 aliphatic carbocycles. The van der Waals surface area contributed by atoms with E-state index in [-0.39, 0.29) is 11.8 Å². The van der Waals surface area contributed by atoms with E-state index in [1.165, 1.54) is 0 Å². The molecule has 0 rings (SSSR count). The fourth-order valence-electron chi connectivity index (χ4n) is 1.41. The van der Waals surface area contributed by atoms with Crippen LogP contribution in [0.4, 0.5) is 0 Å². The number of hydrogen-bond donors (Lipinski definition) is 0. The van der Waals surface area contributed by atoms with Crippen LogP contribution in [-0.2, 0) is 9.53 Å². The van der Waals surface area contributed by atoms with Crippen LogP contribution < -0.4 is 0 Å². The van der Waals surface area contributed by atoms with Crippen LogP contribution in [-0.4, -0.2) is 37.1 Å². The summed E-state index contributed by atoms with van der Waals surface area (Å²) in [6, 6.07) is 2.14. The number of amides is 1. The molecule has 0 N–H and O–H groups in total. The van der Waals surface area contributed by atoms with Gasteiger partial charge >= 0.3 is 0 Å². The van der Waals surface area contributed by atoms with E-state index in [2.05, 4.69) is 6.07 Å². The Hall–Kier alpha value is -1.08. The maximum atomic E-state index is 11.7. The molecule has 0 saturated carbocycles. The lowest BCUT2D eigenvalue weighted by Crippen LogP contribution is -2.34.